The van der Waals surface area contributed by atoms with Crippen molar-refractivity contribution in [3.05, 3.63) is 82.7 Å². The zero-order valence-electron chi connectivity index (χ0n) is 19.5. The Bertz CT molecular complexity index is 1090. The Morgan fingerprint density at radius 2 is 1.62 bits per heavy atom. The molecule has 1 heterocycles. The molecule has 2 N–H and O–H groups in total. The largest absolute Gasteiger partial charge is 0.350 e. The van der Waals surface area contributed by atoms with Crippen LogP contribution in [0.4, 0.5) is 0 Å². The molecule has 0 aliphatic heterocycles. The summed E-state index contributed by atoms with van der Waals surface area (Å²) in [6.07, 6.45) is 0.560. The predicted molar refractivity (Wildman–Crippen MR) is 127 cm³/mol. The molecule has 32 heavy (non-hydrogen) atoms. The molecule has 0 saturated carbocycles. The number of nitrogens with zero attached hydrogens (tertiary/aromatic N) is 2. The summed E-state index contributed by atoms with van der Waals surface area (Å²) in [6, 6.07) is 16.7. The van der Waals surface area contributed by atoms with Crippen LogP contribution in [0.5, 0.6) is 0 Å². The van der Waals surface area contributed by atoms with Crippen LogP contribution < -0.4 is 10.6 Å². The van der Waals surface area contributed by atoms with E-state index in [1.165, 1.54) is 0 Å². The molecule has 2 aromatic carbocycles. The molecule has 6 nitrogen and oxygen atoms in total. The van der Waals surface area contributed by atoms with E-state index in [4.69, 9.17) is 0 Å². The number of aromatic nitrogens is 2. The topological polar surface area (TPSA) is 76.0 Å². The lowest BCUT2D eigenvalue weighted by molar-refractivity contribution is -0.123. The van der Waals surface area contributed by atoms with E-state index in [9.17, 15) is 9.59 Å². The van der Waals surface area contributed by atoms with Crippen molar-refractivity contribution in [1.82, 2.24) is 20.4 Å². The number of aryl methyl sites for hydroxylation is 2. The molecule has 0 aliphatic rings. The van der Waals surface area contributed by atoms with E-state index in [0.717, 1.165) is 28.2 Å². The fourth-order valence-electron chi connectivity index (χ4n) is 3.82. The van der Waals surface area contributed by atoms with Crippen molar-refractivity contribution in [1.29, 1.82) is 0 Å². The van der Waals surface area contributed by atoms with Crippen LogP contribution in [-0.4, -0.2) is 27.6 Å². The standard InChI is InChI=1S/C26H32N4O2/c1-17(2)15-24(28-25(31)22-14-10-9-11-18(22)3)26(32)27-16-23-19(4)29-30(20(23)5)21-12-7-6-8-13-21/h6-14,17,24H,15-16H2,1-5H3,(H,27,32)(H,28,31). The van der Waals surface area contributed by atoms with E-state index < -0.39 is 6.04 Å². The SMILES string of the molecule is Cc1ccccc1C(=O)NC(CC(C)C)C(=O)NCc1c(C)nn(-c2ccccc2)c1C. The molecule has 0 aliphatic carbocycles. The number of carbonyl (C=O) groups excluding carboxylic acids is 2. The molecule has 2 amide bonds. The molecular formula is C26H32N4O2. The Labute approximate surface area is 190 Å². The highest BCUT2D eigenvalue weighted by molar-refractivity contribution is 5.98. The van der Waals surface area contributed by atoms with Crippen molar-refractivity contribution < 1.29 is 9.59 Å². The van der Waals surface area contributed by atoms with Gasteiger partial charge in [0.1, 0.15) is 6.04 Å². The number of hydrogen-bond acceptors (Lipinski definition) is 3. The second-order valence-corrected chi connectivity index (χ2v) is 8.59. The average molecular weight is 433 g/mol. The molecule has 0 radical (unpaired) electrons. The van der Waals surface area contributed by atoms with Crippen LogP contribution in [0.3, 0.4) is 0 Å². The minimum atomic E-state index is -0.605. The van der Waals surface area contributed by atoms with Gasteiger partial charge in [-0.2, -0.15) is 5.10 Å². The third-order valence-corrected chi connectivity index (χ3v) is 5.60. The summed E-state index contributed by atoms with van der Waals surface area (Å²) in [6.45, 7) is 10.3. The maximum absolute atomic E-state index is 13.1. The van der Waals surface area contributed by atoms with Crippen LogP contribution in [0.15, 0.2) is 54.6 Å². The van der Waals surface area contributed by atoms with E-state index >= 15 is 0 Å². The fraction of sp³-hybridized carbons (Fsp3) is 0.346. The highest BCUT2D eigenvalue weighted by Crippen LogP contribution is 2.18. The van der Waals surface area contributed by atoms with Crippen LogP contribution in [0.1, 0.15) is 53.1 Å². The lowest BCUT2D eigenvalue weighted by Crippen LogP contribution is -2.47. The molecule has 0 saturated heterocycles. The Morgan fingerprint density at radius 3 is 2.28 bits per heavy atom. The van der Waals surface area contributed by atoms with Gasteiger partial charge in [-0.15, -0.1) is 0 Å². The Balaban J connectivity index is 1.73. The summed E-state index contributed by atoms with van der Waals surface area (Å²) in [5.74, 6) is -0.160. The van der Waals surface area contributed by atoms with Crippen molar-refractivity contribution in [2.24, 2.45) is 5.92 Å². The summed E-state index contributed by atoms with van der Waals surface area (Å²) >= 11 is 0. The van der Waals surface area contributed by atoms with Gasteiger partial charge in [-0.05, 0) is 56.9 Å². The molecule has 1 aromatic heterocycles. The highest BCUT2D eigenvalue weighted by atomic mass is 16.2. The molecule has 168 valence electrons. The first-order valence-electron chi connectivity index (χ1n) is 11.0. The molecule has 0 spiro atoms. The zero-order chi connectivity index (χ0) is 23.3. The fourth-order valence-corrected chi connectivity index (χ4v) is 3.82. The quantitative estimate of drug-likeness (QED) is 0.558. The second kappa shape index (κ2) is 10.3. The van der Waals surface area contributed by atoms with E-state index in [2.05, 4.69) is 15.7 Å². The summed E-state index contributed by atoms with van der Waals surface area (Å²) in [4.78, 5) is 25.9. The van der Waals surface area contributed by atoms with Crippen LogP contribution >= 0.6 is 0 Å². The molecule has 1 unspecified atom stereocenters. The number of rotatable bonds is 8. The summed E-state index contributed by atoms with van der Waals surface area (Å²) in [5, 5.41) is 10.6. The van der Waals surface area contributed by atoms with Gasteiger partial charge in [-0.1, -0.05) is 50.2 Å². The number of carbonyl (C=O) groups is 2. The van der Waals surface area contributed by atoms with Gasteiger partial charge in [0.25, 0.3) is 5.91 Å². The highest BCUT2D eigenvalue weighted by Gasteiger charge is 2.24. The Morgan fingerprint density at radius 1 is 0.969 bits per heavy atom. The number of amides is 2. The first-order valence-corrected chi connectivity index (χ1v) is 11.0. The van der Waals surface area contributed by atoms with Crippen molar-refractivity contribution in [2.45, 2.75) is 53.6 Å². The maximum atomic E-state index is 13.1. The number of benzene rings is 2. The summed E-state index contributed by atoms with van der Waals surface area (Å²) < 4.78 is 1.89. The van der Waals surface area contributed by atoms with Gasteiger partial charge in [0.2, 0.25) is 5.91 Å². The van der Waals surface area contributed by atoms with Gasteiger partial charge >= 0.3 is 0 Å². The lowest BCUT2D eigenvalue weighted by Gasteiger charge is -2.21. The number of nitrogens with one attached hydrogen (secondary N) is 2. The van der Waals surface area contributed by atoms with Crippen LogP contribution in [0.2, 0.25) is 0 Å². The third kappa shape index (κ3) is 5.44. The smallest absolute Gasteiger partial charge is 0.252 e. The van der Waals surface area contributed by atoms with E-state index in [-0.39, 0.29) is 17.7 Å². The summed E-state index contributed by atoms with van der Waals surface area (Å²) in [5.41, 5.74) is 5.29. The Kier molecular flexibility index (Phi) is 7.46. The van der Waals surface area contributed by atoms with Crippen molar-refractivity contribution in [3.8, 4) is 5.69 Å². The molecule has 3 aromatic rings. The van der Waals surface area contributed by atoms with E-state index in [1.54, 1.807) is 6.07 Å². The van der Waals surface area contributed by atoms with Crippen molar-refractivity contribution >= 4 is 11.8 Å². The molecule has 0 bridgehead atoms. The molecule has 3 rings (SSSR count). The summed E-state index contributed by atoms with van der Waals surface area (Å²) in [7, 11) is 0. The molecular weight excluding hydrogens is 400 g/mol. The zero-order valence-corrected chi connectivity index (χ0v) is 19.5. The number of hydrogen-bond donors (Lipinski definition) is 2. The van der Waals surface area contributed by atoms with Gasteiger partial charge in [0.15, 0.2) is 0 Å². The molecule has 6 heteroatoms. The minimum absolute atomic E-state index is 0.188. The minimum Gasteiger partial charge on any atom is -0.350 e. The third-order valence-electron chi connectivity index (χ3n) is 5.60. The van der Waals surface area contributed by atoms with Gasteiger partial charge in [-0.25, -0.2) is 4.68 Å². The molecule has 0 fully saturated rings. The van der Waals surface area contributed by atoms with E-state index in [0.29, 0.717) is 18.5 Å². The van der Waals surface area contributed by atoms with Crippen molar-refractivity contribution in [2.75, 3.05) is 0 Å². The maximum Gasteiger partial charge on any atom is 0.252 e. The number of para-hydroxylation sites is 1. The predicted octanol–water partition coefficient (Wildman–Crippen LogP) is 4.26. The first kappa shape index (κ1) is 23.3. The molecule has 1 atom stereocenters. The first-order chi connectivity index (χ1) is 15.3. The van der Waals surface area contributed by atoms with E-state index in [1.807, 2.05) is 87.8 Å². The van der Waals surface area contributed by atoms with Gasteiger partial charge in [-0.3, -0.25) is 9.59 Å². The average Bonchev–Trinajstić information content (AvgIpc) is 3.05. The van der Waals surface area contributed by atoms with Gasteiger partial charge < -0.3 is 10.6 Å². The second-order valence-electron chi connectivity index (χ2n) is 8.59. The lowest BCUT2D eigenvalue weighted by atomic mass is 10.0. The van der Waals surface area contributed by atoms with Crippen LogP contribution in [0.25, 0.3) is 5.69 Å². The van der Waals surface area contributed by atoms with Crippen LogP contribution in [-0.2, 0) is 11.3 Å². The normalized spacial score (nSPS) is 11.9. The van der Waals surface area contributed by atoms with Gasteiger partial charge in [0.05, 0.1) is 11.4 Å². The van der Waals surface area contributed by atoms with Gasteiger partial charge in [0, 0.05) is 23.4 Å². The Hall–Kier alpha value is -3.41. The monoisotopic (exact) mass is 432 g/mol. The van der Waals surface area contributed by atoms with Crippen LogP contribution in [0, 0.1) is 26.7 Å². The van der Waals surface area contributed by atoms with Crippen molar-refractivity contribution in [3.63, 3.8) is 0 Å².